The van der Waals surface area contributed by atoms with Crippen molar-refractivity contribution in [3.05, 3.63) is 64.1 Å². The molecule has 0 spiro atoms. The van der Waals surface area contributed by atoms with E-state index in [4.69, 9.17) is 4.74 Å². The lowest BCUT2D eigenvalue weighted by Crippen LogP contribution is -2.23. The zero-order chi connectivity index (χ0) is 18.8. The maximum Gasteiger partial charge on any atom is 0.344 e. The van der Waals surface area contributed by atoms with Crippen molar-refractivity contribution in [1.29, 1.82) is 0 Å². The Kier molecular flexibility index (Phi) is 5.03. The molecule has 0 unspecified atom stereocenters. The van der Waals surface area contributed by atoms with Crippen molar-refractivity contribution in [2.45, 2.75) is 11.9 Å². The van der Waals surface area contributed by atoms with E-state index in [-0.39, 0.29) is 28.1 Å². The van der Waals surface area contributed by atoms with Gasteiger partial charge in [0, 0.05) is 24.1 Å². The predicted molar refractivity (Wildman–Crippen MR) is 95.0 cm³/mol. The minimum atomic E-state index is -1.16. The third kappa shape index (κ3) is 2.96. The number of carbonyl (C=O) groups excluding carboxylic acids is 1. The van der Waals surface area contributed by atoms with Gasteiger partial charge in [-0.3, -0.25) is 9.78 Å². The molecule has 0 aliphatic heterocycles. The van der Waals surface area contributed by atoms with Gasteiger partial charge in [-0.15, -0.1) is 11.8 Å². The van der Waals surface area contributed by atoms with Gasteiger partial charge < -0.3 is 9.30 Å². The highest BCUT2D eigenvalue weighted by Crippen LogP contribution is 2.29. The second kappa shape index (κ2) is 7.25. The van der Waals surface area contributed by atoms with Gasteiger partial charge in [0.05, 0.1) is 22.5 Å². The van der Waals surface area contributed by atoms with Crippen LogP contribution >= 0.6 is 11.8 Å². The quantitative estimate of drug-likeness (QED) is 0.515. The molecule has 2 heterocycles. The van der Waals surface area contributed by atoms with E-state index in [1.54, 1.807) is 25.3 Å². The van der Waals surface area contributed by atoms with E-state index in [9.17, 15) is 18.4 Å². The third-order valence-electron chi connectivity index (χ3n) is 3.76. The number of benzene rings is 1. The molecule has 2 aromatic heterocycles. The summed E-state index contributed by atoms with van der Waals surface area (Å²) in [5.41, 5.74) is -0.218. The Bertz CT molecular complexity index is 1050. The number of hydrogen-bond donors (Lipinski definition) is 0. The van der Waals surface area contributed by atoms with Crippen LogP contribution < -0.4 is 5.43 Å². The van der Waals surface area contributed by atoms with Gasteiger partial charge in [0.1, 0.15) is 5.56 Å². The molecule has 0 bridgehead atoms. The van der Waals surface area contributed by atoms with E-state index in [1.807, 2.05) is 0 Å². The molecule has 0 aliphatic rings. The number of thioether (sulfide) groups is 1. The fraction of sp³-hybridized carbons (Fsp3) is 0.167. The van der Waals surface area contributed by atoms with E-state index >= 15 is 0 Å². The fourth-order valence-corrected chi connectivity index (χ4v) is 3.45. The highest BCUT2D eigenvalue weighted by atomic mass is 32.2. The Morgan fingerprint density at radius 3 is 2.50 bits per heavy atom. The summed E-state index contributed by atoms with van der Waals surface area (Å²) in [6, 6.07) is 5.03. The first-order valence-corrected chi connectivity index (χ1v) is 8.91. The number of nitrogens with zero attached hydrogens (tertiary/aromatic N) is 2. The molecule has 8 heteroatoms. The third-order valence-corrected chi connectivity index (χ3v) is 4.54. The Hall–Kier alpha value is -2.74. The van der Waals surface area contributed by atoms with E-state index in [2.05, 4.69) is 4.98 Å². The van der Waals surface area contributed by atoms with Crippen LogP contribution in [-0.2, 0) is 4.74 Å². The maximum absolute atomic E-state index is 13.9. The lowest BCUT2D eigenvalue weighted by Gasteiger charge is -2.18. The Morgan fingerprint density at radius 1 is 1.23 bits per heavy atom. The van der Waals surface area contributed by atoms with Crippen molar-refractivity contribution in [3.8, 4) is 5.69 Å². The first-order valence-electron chi connectivity index (χ1n) is 7.68. The molecule has 0 saturated carbocycles. The Balaban J connectivity index is 2.53. The predicted octanol–water partition coefficient (Wildman–Crippen LogP) is 3.56. The summed E-state index contributed by atoms with van der Waals surface area (Å²) in [7, 11) is 0. The highest BCUT2D eigenvalue weighted by molar-refractivity contribution is 7.98. The molecule has 3 rings (SSSR count). The second-order valence-corrected chi connectivity index (χ2v) is 6.05. The van der Waals surface area contributed by atoms with Gasteiger partial charge in [0.15, 0.2) is 11.6 Å². The number of aromatic nitrogens is 2. The summed E-state index contributed by atoms with van der Waals surface area (Å²) in [6.07, 6.45) is 4.72. The van der Waals surface area contributed by atoms with E-state index in [0.29, 0.717) is 5.69 Å². The summed E-state index contributed by atoms with van der Waals surface area (Å²) < 4.78 is 34.2. The van der Waals surface area contributed by atoms with Crippen LogP contribution in [0.1, 0.15) is 17.3 Å². The van der Waals surface area contributed by atoms with Crippen LogP contribution in [0, 0.1) is 11.6 Å². The number of pyridine rings is 2. The van der Waals surface area contributed by atoms with Crippen molar-refractivity contribution in [3.63, 3.8) is 0 Å². The smallest absolute Gasteiger partial charge is 0.344 e. The molecule has 0 N–H and O–H groups in total. The van der Waals surface area contributed by atoms with E-state index in [0.717, 1.165) is 23.9 Å². The molecule has 5 nitrogen and oxygen atoms in total. The molecule has 3 aromatic rings. The summed E-state index contributed by atoms with van der Waals surface area (Å²) >= 11 is 1.14. The zero-order valence-electron chi connectivity index (χ0n) is 14.0. The monoisotopic (exact) mass is 376 g/mol. The number of fused-ring (bicyclic) bond motifs is 1. The maximum atomic E-state index is 13.9. The molecule has 134 valence electrons. The average molecular weight is 376 g/mol. The minimum Gasteiger partial charge on any atom is -0.462 e. The SMILES string of the molecule is CCOC(=O)c1c(SC)n(-c2ccncc2)c2cc(F)c(F)cc2c1=O. The van der Waals surface area contributed by atoms with Crippen molar-refractivity contribution < 1.29 is 18.3 Å². The van der Waals surface area contributed by atoms with E-state index < -0.39 is 23.0 Å². The summed E-state index contributed by atoms with van der Waals surface area (Å²) in [5, 5.41) is 0.166. The molecule has 0 saturated heterocycles. The van der Waals surface area contributed by atoms with Crippen molar-refractivity contribution in [1.82, 2.24) is 9.55 Å². The zero-order valence-corrected chi connectivity index (χ0v) is 14.8. The second-order valence-electron chi connectivity index (χ2n) is 5.26. The Morgan fingerprint density at radius 2 is 1.88 bits per heavy atom. The summed E-state index contributed by atoms with van der Waals surface area (Å²) in [4.78, 5) is 29.2. The van der Waals surface area contributed by atoms with Gasteiger partial charge in [-0.05, 0) is 31.4 Å². The number of ether oxygens (including phenoxy) is 1. The molecule has 0 aliphatic carbocycles. The average Bonchev–Trinajstić information content (AvgIpc) is 2.64. The number of carbonyl (C=O) groups is 1. The summed E-state index contributed by atoms with van der Waals surface area (Å²) in [6.45, 7) is 1.70. The van der Waals surface area contributed by atoms with Crippen LogP contribution in [-0.4, -0.2) is 28.4 Å². The highest BCUT2D eigenvalue weighted by Gasteiger charge is 2.25. The molecule has 0 atom stereocenters. The number of esters is 1. The molecule has 0 radical (unpaired) electrons. The van der Waals surface area contributed by atoms with Crippen molar-refractivity contribution in [2.24, 2.45) is 0 Å². The van der Waals surface area contributed by atoms with Crippen LogP contribution in [0.25, 0.3) is 16.6 Å². The van der Waals surface area contributed by atoms with E-state index in [1.165, 1.54) is 17.0 Å². The molecule has 26 heavy (non-hydrogen) atoms. The van der Waals surface area contributed by atoms with Crippen LogP contribution in [0.5, 0.6) is 0 Å². The number of rotatable bonds is 4. The topological polar surface area (TPSA) is 61.2 Å². The lowest BCUT2D eigenvalue weighted by atomic mass is 10.1. The van der Waals surface area contributed by atoms with Crippen LogP contribution in [0.3, 0.4) is 0 Å². The first kappa shape index (κ1) is 18.1. The van der Waals surface area contributed by atoms with Crippen LogP contribution in [0.4, 0.5) is 8.78 Å². The molecule has 1 aromatic carbocycles. The van der Waals surface area contributed by atoms with Gasteiger partial charge in [-0.25, -0.2) is 13.6 Å². The molecule has 0 fully saturated rings. The normalized spacial score (nSPS) is 10.9. The van der Waals surface area contributed by atoms with Crippen molar-refractivity contribution in [2.75, 3.05) is 12.9 Å². The number of hydrogen-bond acceptors (Lipinski definition) is 5. The van der Waals surface area contributed by atoms with Gasteiger partial charge >= 0.3 is 5.97 Å². The van der Waals surface area contributed by atoms with Gasteiger partial charge in [0.25, 0.3) is 0 Å². The molecular weight excluding hydrogens is 362 g/mol. The standard InChI is InChI=1S/C18H14F2N2O3S/c1-3-25-18(24)15-16(23)11-8-12(19)13(20)9-14(11)22(17(15)26-2)10-4-6-21-7-5-10/h4-9H,3H2,1-2H3. The minimum absolute atomic E-state index is 0.0805. The number of halogens is 2. The lowest BCUT2D eigenvalue weighted by molar-refractivity contribution is 0.0519. The van der Waals surface area contributed by atoms with Crippen LogP contribution in [0.2, 0.25) is 0 Å². The Labute approximate surface area is 151 Å². The van der Waals surface area contributed by atoms with Crippen molar-refractivity contribution >= 4 is 28.6 Å². The van der Waals surface area contributed by atoms with Gasteiger partial charge in [0.2, 0.25) is 5.43 Å². The van der Waals surface area contributed by atoms with Gasteiger partial charge in [-0.1, -0.05) is 0 Å². The largest absolute Gasteiger partial charge is 0.462 e. The first-order chi connectivity index (χ1) is 12.5. The van der Waals surface area contributed by atoms with Gasteiger partial charge in [-0.2, -0.15) is 0 Å². The van der Waals surface area contributed by atoms with Crippen LogP contribution in [0.15, 0.2) is 46.5 Å². The molecular formula is C18H14F2N2O3S. The summed E-state index contributed by atoms with van der Waals surface area (Å²) in [5.74, 6) is -3.06. The fourth-order valence-electron chi connectivity index (χ4n) is 2.68. The molecule has 0 amide bonds.